The molecular weight excluding hydrogens is 476 g/mol. The SMILES string of the molecule is O=C(COC(=O)C[C@H]1Sc2ccccc2NC1=O)Nc1cc(-c2ccccc2)nn1-c1ccccc1. The fraction of sp³-hybridized carbons (Fsp3) is 0.111. The number of benzene rings is 3. The first-order valence-corrected chi connectivity index (χ1v) is 12.2. The van der Waals surface area contributed by atoms with Gasteiger partial charge in [-0.25, -0.2) is 4.68 Å². The van der Waals surface area contributed by atoms with E-state index in [9.17, 15) is 14.4 Å². The number of fused-ring (bicyclic) bond motifs is 1. The molecule has 36 heavy (non-hydrogen) atoms. The average Bonchev–Trinajstić information content (AvgIpc) is 3.32. The summed E-state index contributed by atoms with van der Waals surface area (Å²) in [4.78, 5) is 38.3. The highest BCUT2D eigenvalue weighted by molar-refractivity contribution is 8.01. The van der Waals surface area contributed by atoms with Crippen LogP contribution in [-0.4, -0.2) is 39.4 Å². The van der Waals surface area contributed by atoms with Crippen LogP contribution in [0.5, 0.6) is 0 Å². The van der Waals surface area contributed by atoms with Crippen LogP contribution in [0.15, 0.2) is 95.9 Å². The van der Waals surface area contributed by atoms with Gasteiger partial charge in [-0.05, 0) is 24.3 Å². The highest BCUT2D eigenvalue weighted by Gasteiger charge is 2.29. The zero-order valence-electron chi connectivity index (χ0n) is 19.1. The number of hydrogen-bond donors (Lipinski definition) is 2. The van der Waals surface area contributed by atoms with Gasteiger partial charge in [0.2, 0.25) is 5.91 Å². The number of nitrogens with one attached hydrogen (secondary N) is 2. The lowest BCUT2D eigenvalue weighted by Gasteiger charge is -2.23. The zero-order valence-corrected chi connectivity index (χ0v) is 19.9. The molecule has 0 radical (unpaired) electrons. The van der Waals surface area contributed by atoms with E-state index >= 15 is 0 Å². The molecule has 0 fully saturated rings. The second kappa shape index (κ2) is 10.5. The number of rotatable bonds is 7. The van der Waals surface area contributed by atoms with Crippen molar-refractivity contribution in [3.63, 3.8) is 0 Å². The Morgan fingerprint density at radius 3 is 2.44 bits per heavy atom. The van der Waals surface area contributed by atoms with Crippen molar-refractivity contribution >= 4 is 41.1 Å². The lowest BCUT2D eigenvalue weighted by atomic mass is 10.2. The van der Waals surface area contributed by atoms with Gasteiger partial charge in [-0.2, -0.15) is 5.10 Å². The number of ether oxygens (including phenoxy) is 1. The standard InChI is InChI=1S/C27H22N4O4S/c32-25(17-35-26(33)16-23-27(34)28-20-13-7-8-14-22(20)36-23)29-24-15-21(18-9-3-1-4-10-18)30-31(24)19-11-5-2-6-12-19/h1-15,23H,16-17H2,(H,28,34)(H,29,32)/t23-/m1/s1. The second-order valence-corrected chi connectivity index (χ2v) is 9.28. The molecule has 0 bridgehead atoms. The van der Waals surface area contributed by atoms with Gasteiger partial charge in [0.25, 0.3) is 5.91 Å². The van der Waals surface area contributed by atoms with E-state index in [1.165, 1.54) is 11.8 Å². The van der Waals surface area contributed by atoms with Gasteiger partial charge >= 0.3 is 5.97 Å². The topological polar surface area (TPSA) is 102 Å². The molecule has 1 atom stereocenters. The molecule has 1 aliphatic heterocycles. The highest BCUT2D eigenvalue weighted by Crippen LogP contribution is 2.36. The maximum absolute atomic E-state index is 12.7. The van der Waals surface area contributed by atoms with Gasteiger partial charge in [0, 0.05) is 16.5 Å². The molecule has 4 aromatic rings. The molecule has 0 spiro atoms. The molecule has 5 rings (SSSR count). The lowest BCUT2D eigenvalue weighted by Crippen LogP contribution is -2.32. The summed E-state index contributed by atoms with van der Waals surface area (Å²) in [6.07, 6.45) is -0.141. The van der Waals surface area contributed by atoms with E-state index in [0.717, 1.165) is 21.8 Å². The molecule has 0 saturated heterocycles. The summed E-state index contributed by atoms with van der Waals surface area (Å²) in [5.41, 5.74) is 3.08. The normalized spacial score (nSPS) is 14.4. The third-order valence-electron chi connectivity index (χ3n) is 5.47. The summed E-state index contributed by atoms with van der Waals surface area (Å²) < 4.78 is 6.81. The van der Waals surface area contributed by atoms with Crippen LogP contribution in [0.3, 0.4) is 0 Å². The van der Waals surface area contributed by atoms with E-state index in [2.05, 4.69) is 15.7 Å². The molecule has 0 unspecified atom stereocenters. The molecule has 3 aromatic carbocycles. The van der Waals surface area contributed by atoms with Crippen LogP contribution in [0.25, 0.3) is 16.9 Å². The Morgan fingerprint density at radius 1 is 0.972 bits per heavy atom. The van der Waals surface area contributed by atoms with Gasteiger partial charge in [0.15, 0.2) is 6.61 Å². The first-order chi connectivity index (χ1) is 17.6. The summed E-state index contributed by atoms with van der Waals surface area (Å²) in [5, 5.41) is 9.60. The Bertz CT molecular complexity index is 1410. The summed E-state index contributed by atoms with van der Waals surface area (Å²) in [6.45, 7) is -0.477. The molecule has 1 aliphatic rings. The van der Waals surface area contributed by atoms with Crippen molar-refractivity contribution in [3.8, 4) is 16.9 Å². The summed E-state index contributed by atoms with van der Waals surface area (Å²) in [5.74, 6) is -0.954. The first kappa shape index (κ1) is 23.4. The minimum atomic E-state index is -0.626. The number of aromatic nitrogens is 2. The van der Waals surface area contributed by atoms with E-state index in [1.54, 1.807) is 10.7 Å². The lowest BCUT2D eigenvalue weighted by molar-refractivity contribution is -0.147. The number of para-hydroxylation sites is 2. The summed E-state index contributed by atoms with van der Waals surface area (Å²) >= 11 is 1.31. The quantitative estimate of drug-likeness (QED) is 0.363. The predicted octanol–water partition coefficient (Wildman–Crippen LogP) is 4.52. The van der Waals surface area contributed by atoms with Crippen molar-refractivity contribution in [1.29, 1.82) is 0 Å². The van der Waals surface area contributed by atoms with Crippen LogP contribution in [0.1, 0.15) is 6.42 Å². The van der Waals surface area contributed by atoms with Crippen molar-refractivity contribution in [1.82, 2.24) is 9.78 Å². The largest absolute Gasteiger partial charge is 0.456 e. The minimum Gasteiger partial charge on any atom is -0.456 e. The molecular formula is C27H22N4O4S. The van der Waals surface area contributed by atoms with Gasteiger partial charge in [-0.3, -0.25) is 14.4 Å². The van der Waals surface area contributed by atoms with Crippen molar-refractivity contribution in [2.24, 2.45) is 0 Å². The Hall–Kier alpha value is -4.37. The molecule has 180 valence electrons. The Kier molecular flexibility index (Phi) is 6.81. The molecule has 0 aliphatic carbocycles. The van der Waals surface area contributed by atoms with Gasteiger partial charge in [-0.15, -0.1) is 11.8 Å². The number of carbonyl (C=O) groups is 3. The predicted molar refractivity (Wildman–Crippen MR) is 138 cm³/mol. The highest BCUT2D eigenvalue weighted by atomic mass is 32.2. The minimum absolute atomic E-state index is 0.141. The van der Waals surface area contributed by atoms with Gasteiger partial charge in [-0.1, -0.05) is 60.7 Å². The third-order valence-corrected chi connectivity index (χ3v) is 6.75. The van der Waals surface area contributed by atoms with Crippen LogP contribution in [0, 0.1) is 0 Å². The van der Waals surface area contributed by atoms with Crippen LogP contribution >= 0.6 is 11.8 Å². The molecule has 2 amide bonds. The number of nitrogens with zero attached hydrogens (tertiary/aromatic N) is 2. The van der Waals surface area contributed by atoms with Crippen molar-refractivity contribution < 1.29 is 19.1 Å². The fourth-order valence-electron chi connectivity index (χ4n) is 3.75. The Balaban J connectivity index is 1.23. The van der Waals surface area contributed by atoms with Gasteiger partial charge < -0.3 is 15.4 Å². The zero-order chi connectivity index (χ0) is 24.9. The fourth-order valence-corrected chi connectivity index (χ4v) is 4.84. The molecule has 2 heterocycles. The first-order valence-electron chi connectivity index (χ1n) is 11.3. The van der Waals surface area contributed by atoms with E-state index in [1.807, 2.05) is 84.9 Å². The molecule has 8 nitrogen and oxygen atoms in total. The monoisotopic (exact) mass is 498 g/mol. The third kappa shape index (κ3) is 5.31. The second-order valence-electron chi connectivity index (χ2n) is 8.03. The van der Waals surface area contributed by atoms with E-state index in [0.29, 0.717) is 11.5 Å². The van der Waals surface area contributed by atoms with E-state index < -0.39 is 23.7 Å². The number of esters is 1. The maximum atomic E-state index is 12.7. The molecule has 9 heteroatoms. The van der Waals surface area contributed by atoms with Crippen LogP contribution < -0.4 is 10.6 Å². The number of amides is 2. The van der Waals surface area contributed by atoms with Crippen molar-refractivity contribution in [2.75, 3.05) is 17.2 Å². The number of carbonyl (C=O) groups excluding carboxylic acids is 3. The summed E-state index contributed by atoms with van der Waals surface area (Å²) in [6, 6.07) is 28.2. The van der Waals surface area contributed by atoms with E-state index in [-0.39, 0.29) is 12.3 Å². The van der Waals surface area contributed by atoms with Gasteiger partial charge in [0.1, 0.15) is 5.82 Å². The average molecular weight is 499 g/mol. The van der Waals surface area contributed by atoms with Gasteiger partial charge in [0.05, 0.1) is 28.7 Å². The molecule has 1 aromatic heterocycles. The molecule has 0 saturated carbocycles. The molecule has 2 N–H and O–H groups in total. The summed E-state index contributed by atoms with van der Waals surface area (Å²) in [7, 11) is 0. The number of hydrogen-bond acceptors (Lipinski definition) is 6. The van der Waals surface area contributed by atoms with E-state index in [4.69, 9.17) is 4.74 Å². The Labute approximate surface area is 211 Å². The van der Waals surface area contributed by atoms with Crippen LogP contribution in [-0.2, 0) is 19.1 Å². The number of thioether (sulfide) groups is 1. The van der Waals surface area contributed by atoms with Crippen LogP contribution in [0.2, 0.25) is 0 Å². The maximum Gasteiger partial charge on any atom is 0.307 e. The van der Waals surface area contributed by atoms with Crippen molar-refractivity contribution in [3.05, 3.63) is 91.0 Å². The van der Waals surface area contributed by atoms with Crippen LogP contribution in [0.4, 0.5) is 11.5 Å². The Morgan fingerprint density at radius 2 is 1.67 bits per heavy atom. The van der Waals surface area contributed by atoms with Crippen molar-refractivity contribution in [2.45, 2.75) is 16.6 Å². The smallest absolute Gasteiger partial charge is 0.307 e. The number of anilines is 2.